The first-order valence-electron chi connectivity index (χ1n) is 4.11. The number of amides is 1. The zero-order chi connectivity index (χ0) is 9.40. The Morgan fingerprint density at radius 1 is 1.50 bits per heavy atom. The second-order valence-corrected chi connectivity index (χ2v) is 2.90. The van der Waals surface area contributed by atoms with Crippen LogP contribution in [0.5, 0.6) is 0 Å². The van der Waals surface area contributed by atoms with E-state index in [0.717, 1.165) is 6.54 Å². The summed E-state index contributed by atoms with van der Waals surface area (Å²) in [5.74, 6) is 0.399. The quantitative estimate of drug-likeness (QED) is 0.576. The van der Waals surface area contributed by atoms with Crippen molar-refractivity contribution < 1.29 is 9.53 Å². The molecule has 0 aliphatic heterocycles. The second-order valence-electron chi connectivity index (χ2n) is 2.90. The van der Waals surface area contributed by atoms with Crippen LogP contribution in [-0.2, 0) is 9.53 Å². The van der Waals surface area contributed by atoms with E-state index in [1.165, 1.54) is 7.11 Å². The van der Waals surface area contributed by atoms with Gasteiger partial charge in [-0.15, -0.1) is 0 Å². The standard InChI is InChI=1S/C8H18N2O2/c1-7(4-9-2)5-10-8(11)6-12-3/h7,9H,4-6H2,1-3H3,(H,10,11). The Balaban J connectivity index is 3.33. The molecule has 4 nitrogen and oxygen atoms in total. The second kappa shape index (κ2) is 7.06. The van der Waals surface area contributed by atoms with Crippen molar-refractivity contribution >= 4 is 5.91 Å². The van der Waals surface area contributed by atoms with Gasteiger partial charge in [-0.25, -0.2) is 0 Å². The molecule has 0 saturated carbocycles. The number of methoxy groups -OCH3 is 1. The van der Waals surface area contributed by atoms with E-state index in [1.54, 1.807) is 0 Å². The first-order valence-corrected chi connectivity index (χ1v) is 4.11. The van der Waals surface area contributed by atoms with Crippen molar-refractivity contribution in [2.24, 2.45) is 5.92 Å². The monoisotopic (exact) mass is 174 g/mol. The van der Waals surface area contributed by atoms with Crippen LogP contribution >= 0.6 is 0 Å². The molecule has 0 rings (SSSR count). The minimum absolute atomic E-state index is 0.0551. The third-order valence-corrected chi connectivity index (χ3v) is 1.48. The van der Waals surface area contributed by atoms with Gasteiger partial charge in [-0.2, -0.15) is 0 Å². The maximum atomic E-state index is 10.9. The molecule has 0 aliphatic carbocycles. The number of hydrogen-bond acceptors (Lipinski definition) is 3. The van der Waals surface area contributed by atoms with Gasteiger partial charge in [-0.05, 0) is 19.5 Å². The van der Waals surface area contributed by atoms with Crippen molar-refractivity contribution in [1.82, 2.24) is 10.6 Å². The van der Waals surface area contributed by atoms with Crippen LogP contribution in [0.2, 0.25) is 0 Å². The van der Waals surface area contributed by atoms with Crippen LogP contribution in [0, 0.1) is 5.92 Å². The Morgan fingerprint density at radius 2 is 2.17 bits per heavy atom. The van der Waals surface area contributed by atoms with Gasteiger partial charge in [0.15, 0.2) is 0 Å². The maximum absolute atomic E-state index is 10.9. The van der Waals surface area contributed by atoms with Crippen molar-refractivity contribution in [3.63, 3.8) is 0 Å². The van der Waals surface area contributed by atoms with Crippen LogP contribution in [0.25, 0.3) is 0 Å². The van der Waals surface area contributed by atoms with Crippen LogP contribution in [0.1, 0.15) is 6.92 Å². The topological polar surface area (TPSA) is 50.4 Å². The molecule has 1 amide bonds. The molecule has 1 unspecified atom stereocenters. The summed E-state index contributed by atoms with van der Waals surface area (Å²) in [6, 6.07) is 0. The zero-order valence-electron chi connectivity index (χ0n) is 8.02. The molecule has 0 bridgehead atoms. The summed E-state index contributed by atoms with van der Waals surface area (Å²) in [6.45, 7) is 3.83. The minimum Gasteiger partial charge on any atom is -0.375 e. The highest BCUT2D eigenvalue weighted by molar-refractivity contribution is 5.77. The molecule has 0 aromatic heterocycles. The molecule has 0 spiro atoms. The first-order chi connectivity index (χ1) is 5.70. The van der Waals surface area contributed by atoms with Gasteiger partial charge in [0, 0.05) is 13.7 Å². The maximum Gasteiger partial charge on any atom is 0.245 e. The highest BCUT2D eigenvalue weighted by Crippen LogP contribution is 1.88. The van der Waals surface area contributed by atoms with E-state index >= 15 is 0 Å². The summed E-state index contributed by atoms with van der Waals surface area (Å²) in [7, 11) is 3.41. The van der Waals surface area contributed by atoms with Gasteiger partial charge in [0.1, 0.15) is 6.61 Å². The molecular weight excluding hydrogens is 156 g/mol. The molecule has 4 heteroatoms. The fourth-order valence-electron chi connectivity index (χ4n) is 0.891. The Morgan fingerprint density at radius 3 is 2.67 bits per heavy atom. The van der Waals surface area contributed by atoms with E-state index in [1.807, 2.05) is 7.05 Å². The van der Waals surface area contributed by atoms with Crippen molar-refractivity contribution in [2.45, 2.75) is 6.92 Å². The number of hydrogen-bond donors (Lipinski definition) is 2. The molecule has 0 heterocycles. The lowest BCUT2D eigenvalue weighted by molar-refractivity contribution is -0.124. The van der Waals surface area contributed by atoms with E-state index in [-0.39, 0.29) is 12.5 Å². The van der Waals surface area contributed by atoms with Crippen molar-refractivity contribution in [3.8, 4) is 0 Å². The summed E-state index contributed by atoms with van der Waals surface area (Å²) >= 11 is 0. The molecule has 0 fully saturated rings. The van der Waals surface area contributed by atoms with E-state index in [2.05, 4.69) is 22.3 Å². The Bertz CT molecular complexity index is 128. The molecular formula is C8H18N2O2. The third-order valence-electron chi connectivity index (χ3n) is 1.48. The van der Waals surface area contributed by atoms with Gasteiger partial charge < -0.3 is 15.4 Å². The van der Waals surface area contributed by atoms with E-state index in [4.69, 9.17) is 0 Å². The Hall–Kier alpha value is -0.610. The highest BCUT2D eigenvalue weighted by Gasteiger charge is 2.03. The molecule has 0 saturated heterocycles. The largest absolute Gasteiger partial charge is 0.375 e. The van der Waals surface area contributed by atoms with E-state index in [0.29, 0.717) is 12.5 Å². The Kier molecular flexibility index (Phi) is 6.70. The van der Waals surface area contributed by atoms with Crippen LogP contribution < -0.4 is 10.6 Å². The molecule has 0 aliphatic rings. The number of rotatable bonds is 6. The van der Waals surface area contributed by atoms with Crippen molar-refractivity contribution in [2.75, 3.05) is 33.9 Å². The van der Waals surface area contributed by atoms with Gasteiger partial charge in [0.05, 0.1) is 0 Å². The molecule has 2 N–H and O–H groups in total. The van der Waals surface area contributed by atoms with E-state index < -0.39 is 0 Å². The fraction of sp³-hybridized carbons (Fsp3) is 0.875. The summed E-state index contributed by atoms with van der Waals surface area (Å²) in [5, 5.41) is 5.80. The van der Waals surface area contributed by atoms with Crippen LogP contribution in [-0.4, -0.2) is 39.8 Å². The first kappa shape index (κ1) is 11.4. The van der Waals surface area contributed by atoms with Gasteiger partial charge >= 0.3 is 0 Å². The minimum atomic E-state index is -0.0551. The number of ether oxygens (including phenoxy) is 1. The number of nitrogens with one attached hydrogen (secondary N) is 2. The van der Waals surface area contributed by atoms with Crippen LogP contribution in [0.15, 0.2) is 0 Å². The van der Waals surface area contributed by atoms with Gasteiger partial charge in [-0.3, -0.25) is 4.79 Å². The molecule has 12 heavy (non-hydrogen) atoms. The highest BCUT2D eigenvalue weighted by atomic mass is 16.5. The number of carbonyl (C=O) groups excluding carboxylic acids is 1. The van der Waals surface area contributed by atoms with Crippen LogP contribution in [0.3, 0.4) is 0 Å². The van der Waals surface area contributed by atoms with Crippen LogP contribution in [0.4, 0.5) is 0 Å². The lowest BCUT2D eigenvalue weighted by Gasteiger charge is -2.11. The normalized spacial score (nSPS) is 12.6. The molecule has 0 radical (unpaired) electrons. The number of carbonyl (C=O) groups is 1. The van der Waals surface area contributed by atoms with Crippen molar-refractivity contribution in [3.05, 3.63) is 0 Å². The summed E-state index contributed by atoms with van der Waals surface area (Å²) < 4.78 is 4.67. The predicted molar refractivity (Wildman–Crippen MR) is 48.0 cm³/mol. The average molecular weight is 174 g/mol. The zero-order valence-corrected chi connectivity index (χ0v) is 8.02. The predicted octanol–water partition coefficient (Wildman–Crippen LogP) is -0.395. The molecule has 0 aromatic rings. The third kappa shape index (κ3) is 6.12. The Labute approximate surface area is 73.7 Å². The SMILES string of the molecule is CNCC(C)CNC(=O)COC. The smallest absolute Gasteiger partial charge is 0.245 e. The van der Waals surface area contributed by atoms with E-state index in [9.17, 15) is 4.79 Å². The summed E-state index contributed by atoms with van der Waals surface area (Å²) in [5.41, 5.74) is 0. The van der Waals surface area contributed by atoms with Gasteiger partial charge in [0.25, 0.3) is 0 Å². The lowest BCUT2D eigenvalue weighted by atomic mass is 10.2. The summed E-state index contributed by atoms with van der Waals surface area (Å²) in [4.78, 5) is 10.9. The lowest BCUT2D eigenvalue weighted by Crippen LogP contribution is -2.34. The van der Waals surface area contributed by atoms with Crippen molar-refractivity contribution in [1.29, 1.82) is 0 Å². The van der Waals surface area contributed by atoms with Gasteiger partial charge in [-0.1, -0.05) is 6.92 Å². The average Bonchev–Trinajstić information content (AvgIpc) is 2.02. The summed E-state index contributed by atoms with van der Waals surface area (Å²) in [6.07, 6.45) is 0. The fourth-order valence-corrected chi connectivity index (χ4v) is 0.891. The van der Waals surface area contributed by atoms with Gasteiger partial charge in [0.2, 0.25) is 5.91 Å². The molecule has 1 atom stereocenters. The molecule has 72 valence electrons. The molecule has 0 aromatic carbocycles.